The maximum atomic E-state index is 12.1. The quantitative estimate of drug-likeness (QED) is 0.881. The summed E-state index contributed by atoms with van der Waals surface area (Å²) in [6, 6.07) is -0.0103. The number of hydrogen-bond acceptors (Lipinski definition) is 5. The van der Waals surface area contributed by atoms with Crippen molar-refractivity contribution in [1.29, 1.82) is 0 Å². The summed E-state index contributed by atoms with van der Waals surface area (Å²) >= 11 is 6.17. The minimum Gasteiger partial charge on any atom is -0.376 e. The lowest BCUT2D eigenvalue weighted by Gasteiger charge is -2.52. The lowest BCUT2D eigenvalue weighted by molar-refractivity contribution is -0.104. The number of ether oxygens (including phenoxy) is 1. The Morgan fingerprint density at radius 1 is 1.57 bits per heavy atom. The summed E-state index contributed by atoms with van der Waals surface area (Å²) in [6.45, 7) is 4.55. The number of fused-ring (bicyclic) bond motifs is 1. The zero-order chi connectivity index (χ0) is 15.1. The number of aromatic nitrogens is 2. The summed E-state index contributed by atoms with van der Waals surface area (Å²) in [7, 11) is 0. The van der Waals surface area contributed by atoms with Crippen LogP contribution in [0.4, 0.5) is 5.69 Å². The zero-order valence-corrected chi connectivity index (χ0v) is 13.0. The van der Waals surface area contributed by atoms with E-state index < -0.39 is 0 Å². The largest absolute Gasteiger partial charge is 0.376 e. The Balaban J connectivity index is 1.80. The topological polar surface area (TPSA) is 82.2 Å². The third kappa shape index (κ3) is 2.45. The number of anilines is 1. The van der Waals surface area contributed by atoms with Crippen molar-refractivity contribution in [2.75, 3.05) is 11.9 Å². The van der Waals surface area contributed by atoms with Crippen molar-refractivity contribution >= 4 is 17.3 Å². The third-order valence-corrected chi connectivity index (χ3v) is 4.80. The second-order valence-electron chi connectivity index (χ2n) is 6.10. The lowest BCUT2D eigenvalue weighted by atomic mass is 9.68. The van der Waals surface area contributed by atoms with E-state index in [4.69, 9.17) is 22.1 Å². The first kappa shape index (κ1) is 14.8. The molecular weight excluding hydrogens is 292 g/mol. The number of nitrogens with one attached hydrogen (secondary N) is 1. The van der Waals surface area contributed by atoms with Gasteiger partial charge in [-0.3, -0.25) is 4.79 Å². The predicted molar refractivity (Wildman–Crippen MR) is 81.7 cm³/mol. The van der Waals surface area contributed by atoms with Crippen molar-refractivity contribution in [3.63, 3.8) is 0 Å². The van der Waals surface area contributed by atoms with E-state index in [1.54, 1.807) is 6.20 Å². The average Bonchev–Trinajstić information content (AvgIpc) is 2.47. The van der Waals surface area contributed by atoms with E-state index >= 15 is 0 Å². The first-order valence-electron chi connectivity index (χ1n) is 7.41. The van der Waals surface area contributed by atoms with E-state index in [-0.39, 0.29) is 34.8 Å². The van der Waals surface area contributed by atoms with Gasteiger partial charge in [0.25, 0.3) is 5.56 Å². The van der Waals surface area contributed by atoms with E-state index in [0.717, 1.165) is 19.4 Å². The van der Waals surface area contributed by atoms with Crippen LogP contribution in [0.1, 0.15) is 32.7 Å². The highest BCUT2D eigenvalue weighted by atomic mass is 35.5. The van der Waals surface area contributed by atoms with Gasteiger partial charge in [-0.2, -0.15) is 5.10 Å². The Kier molecular flexibility index (Phi) is 3.94. The molecule has 6 nitrogen and oxygen atoms in total. The van der Waals surface area contributed by atoms with Crippen LogP contribution < -0.4 is 16.6 Å². The molecule has 0 aromatic carbocycles. The fourth-order valence-electron chi connectivity index (χ4n) is 3.22. The van der Waals surface area contributed by atoms with E-state index in [9.17, 15) is 4.79 Å². The number of hydrogen-bond donors (Lipinski definition) is 2. The first-order chi connectivity index (χ1) is 10.0. The normalized spacial score (nSPS) is 31.7. The molecule has 0 radical (unpaired) electrons. The molecule has 1 saturated heterocycles. The number of rotatable bonds is 3. The number of halogens is 1. The third-order valence-electron chi connectivity index (χ3n) is 4.43. The van der Waals surface area contributed by atoms with Gasteiger partial charge in [-0.25, -0.2) is 4.68 Å². The van der Waals surface area contributed by atoms with Crippen LogP contribution in [0.15, 0.2) is 11.0 Å². The summed E-state index contributed by atoms with van der Waals surface area (Å²) in [6.07, 6.45) is 3.86. The Labute approximate surface area is 128 Å². The first-order valence-corrected chi connectivity index (χ1v) is 7.79. The number of nitrogens with zero attached hydrogens (tertiary/aromatic N) is 2. The minimum absolute atomic E-state index is 0.0103. The molecule has 7 heteroatoms. The van der Waals surface area contributed by atoms with Crippen LogP contribution >= 0.6 is 11.6 Å². The monoisotopic (exact) mass is 312 g/mol. The molecule has 1 saturated carbocycles. The Morgan fingerprint density at radius 3 is 3.05 bits per heavy atom. The van der Waals surface area contributed by atoms with Gasteiger partial charge in [-0.1, -0.05) is 11.6 Å². The highest BCUT2D eigenvalue weighted by Crippen LogP contribution is 2.39. The van der Waals surface area contributed by atoms with Crippen molar-refractivity contribution in [3.05, 3.63) is 21.6 Å². The second-order valence-corrected chi connectivity index (χ2v) is 6.48. The van der Waals surface area contributed by atoms with Crippen LogP contribution in [0, 0.1) is 5.92 Å². The van der Waals surface area contributed by atoms with Crippen LogP contribution in [0.2, 0.25) is 5.02 Å². The molecule has 4 atom stereocenters. The average molecular weight is 313 g/mol. The summed E-state index contributed by atoms with van der Waals surface area (Å²) < 4.78 is 7.14. The summed E-state index contributed by atoms with van der Waals surface area (Å²) in [4.78, 5) is 12.1. The van der Waals surface area contributed by atoms with Gasteiger partial charge in [-0.15, -0.1) is 0 Å². The van der Waals surface area contributed by atoms with Gasteiger partial charge >= 0.3 is 0 Å². The molecule has 4 unspecified atom stereocenters. The van der Waals surface area contributed by atoms with Crippen molar-refractivity contribution < 1.29 is 4.74 Å². The van der Waals surface area contributed by atoms with E-state index in [1.165, 1.54) is 4.68 Å². The fourth-order valence-corrected chi connectivity index (χ4v) is 3.41. The Morgan fingerprint density at radius 2 is 2.33 bits per heavy atom. The van der Waals surface area contributed by atoms with E-state index in [0.29, 0.717) is 11.6 Å². The SMILES string of the molecule is CC(C)n1ncc(NC2C(N)C3CCCOC32)c(Cl)c1=O. The van der Waals surface area contributed by atoms with E-state index in [2.05, 4.69) is 10.4 Å². The molecule has 0 bridgehead atoms. The molecule has 0 amide bonds. The van der Waals surface area contributed by atoms with Crippen LogP contribution in [0.25, 0.3) is 0 Å². The summed E-state index contributed by atoms with van der Waals surface area (Å²) in [5, 5.41) is 7.56. The van der Waals surface area contributed by atoms with Crippen molar-refractivity contribution in [2.24, 2.45) is 11.7 Å². The van der Waals surface area contributed by atoms with E-state index in [1.807, 2.05) is 13.8 Å². The molecule has 0 spiro atoms. The molecule has 1 aliphatic carbocycles. The smallest absolute Gasteiger partial charge is 0.287 e. The van der Waals surface area contributed by atoms with Crippen LogP contribution in [0.3, 0.4) is 0 Å². The number of nitrogens with two attached hydrogens (primary N) is 1. The van der Waals surface area contributed by atoms with Gasteiger partial charge < -0.3 is 15.8 Å². The Hall–Kier alpha value is -1.11. The molecule has 2 fully saturated rings. The molecule has 3 rings (SSSR count). The molecule has 1 aromatic rings. The van der Waals surface area contributed by atoms with Crippen LogP contribution in [-0.4, -0.2) is 34.6 Å². The van der Waals surface area contributed by atoms with Crippen molar-refractivity contribution in [1.82, 2.24) is 9.78 Å². The van der Waals surface area contributed by atoms with Crippen LogP contribution in [0.5, 0.6) is 0 Å². The van der Waals surface area contributed by atoms with Gasteiger partial charge in [0.15, 0.2) is 0 Å². The van der Waals surface area contributed by atoms with Gasteiger partial charge in [-0.05, 0) is 26.7 Å². The molecule has 3 N–H and O–H groups in total. The summed E-state index contributed by atoms with van der Waals surface area (Å²) in [5.41, 5.74) is 6.45. The maximum absolute atomic E-state index is 12.1. The second kappa shape index (κ2) is 5.59. The lowest BCUT2D eigenvalue weighted by Crippen LogP contribution is -2.69. The molecular formula is C14H21ClN4O2. The molecule has 2 aliphatic rings. The minimum atomic E-state index is -0.286. The van der Waals surface area contributed by atoms with Crippen LogP contribution in [-0.2, 0) is 4.74 Å². The molecule has 21 heavy (non-hydrogen) atoms. The summed E-state index contributed by atoms with van der Waals surface area (Å²) in [5.74, 6) is 0.402. The predicted octanol–water partition coefficient (Wildman–Crippen LogP) is 1.39. The fraction of sp³-hybridized carbons (Fsp3) is 0.714. The van der Waals surface area contributed by atoms with Gasteiger partial charge in [0.2, 0.25) is 0 Å². The van der Waals surface area contributed by atoms with Crippen molar-refractivity contribution in [3.8, 4) is 0 Å². The highest BCUT2D eigenvalue weighted by molar-refractivity contribution is 6.32. The van der Waals surface area contributed by atoms with Gasteiger partial charge in [0, 0.05) is 18.6 Å². The molecule has 2 heterocycles. The van der Waals surface area contributed by atoms with Crippen molar-refractivity contribution in [2.45, 2.75) is 50.9 Å². The molecule has 116 valence electrons. The molecule has 1 aliphatic heterocycles. The Bertz CT molecular complexity index is 589. The standard InChI is InChI=1S/C14H21ClN4O2/c1-7(2)19-14(20)10(15)9(6-17-19)18-12-11(16)8-4-3-5-21-13(8)12/h6-8,11-13,18H,3-5,16H2,1-2H3. The van der Waals surface area contributed by atoms with Gasteiger partial charge in [0.1, 0.15) is 5.02 Å². The maximum Gasteiger partial charge on any atom is 0.287 e. The molecule has 1 aromatic heterocycles. The van der Waals surface area contributed by atoms with Gasteiger partial charge in [0.05, 0.1) is 30.1 Å². The highest BCUT2D eigenvalue weighted by Gasteiger charge is 2.50. The zero-order valence-electron chi connectivity index (χ0n) is 12.3.